The van der Waals surface area contributed by atoms with Crippen LogP contribution in [0.4, 0.5) is 5.69 Å². The van der Waals surface area contributed by atoms with Crippen molar-refractivity contribution in [2.24, 2.45) is 0 Å². The molecule has 0 saturated heterocycles. The van der Waals surface area contributed by atoms with Gasteiger partial charge >= 0.3 is 5.97 Å². The lowest BCUT2D eigenvalue weighted by atomic mass is 9.94. The number of hydrogen-bond donors (Lipinski definition) is 2. The Morgan fingerprint density at radius 2 is 1.86 bits per heavy atom. The van der Waals surface area contributed by atoms with E-state index in [2.05, 4.69) is 5.48 Å². The van der Waals surface area contributed by atoms with E-state index in [4.69, 9.17) is 4.74 Å². The zero-order valence-electron chi connectivity index (χ0n) is 12.2. The molecule has 0 heterocycles. The Bertz CT molecular complexity index is 623. The van der Waals surface area contributed by atoms with Crippen LogP contribution in [0.5, 0.6) is 0 Å². The molecule has 2 N–H and O–H groups in total. The first-order valence-corrected chi connectivity index (χ1v) is 7.01. The van der Waals surface area contributed by atoms with Crippen molar-refractivity contribution in [2.75, 3.05) is 12.1 Å². The fourth-order valence-corrected chi connectivity index (χ4v) is 2.35. The predicted molar refractivity (Wildman–Crippen MR) is 82.6 cm³/mol. The summed E-state index contributed by atoms with van der Waals surface area (Å²) >= 11 is 0. The topological polar surface area (TPSA) is 58.6 Å². The van der Waals surface area contributed by atoms with Gasteiger partial charge in [0.15, 0.2) is 0 Å². The molecule has 0 fully saturated rings. The van der Waals surface area contributed by atoms with Crippen LogP contribution in [0.25, 0.3) is 11.1 Å². The van der Waals surface area contributed by atoms with Crippen molar-refractivity contribution in [3.8, 4) is 11.1 Å². The molecule has 0 aromatic heterocycles. The zero-order chi connectivity index (χ0) is 15.2. The molecule has 0 unspecified atom stereocenters. The number of ether oxygens (including phenoxy) is 1. The van der Waals surface area contributed by atoms with E-state index in [1.54, 1.807) is 13.0 Å². The number of carbonyl (C=O) groups is 1. The van der Waals surface area contributed by atoms with Crippen molar-refractivity contribution in [1.82, 2.24) is 0 Å². The van der Waals surface area contributed by atoms with Gasteiger partial charge in [-0.3, -0.25) is 10.7 Å². The predicted octanol–water partition coefficient (Wildman–Crippen LogP) is 3.89. The fraction of sp³-hybridized carbons (Fsp3) is 0.235. The van der Waals surface area contributed by atoms with E-state index in [0.717, 1.165) is 17.5 Å². The quantitative estimate of drug-likeness (QED) is 0.646. The number of nitrogens with one attached hydrogen (secondary N) is 1. The Labute approximate surface area is 124 Å². The van der Waals surface area contributed by atoms with Crippen LogP contribution >= 0.6 is 0 Å². The molecular formula is C17H19NO3. The average Bonchev–Trinajstić information content (AvgIpc) is 2.54. The van der Waals surface area contributed by atoms with Gasteiger partial charge in [0.05, 0.1) is 17.9 Å². The Balaban J connectivity index is 2.69. The van der Waals surface area contributed by atoms with Crippen LogP contribution in [0, 0.1) is 0 Å². The maximum atomic E-state index is 12.2. The maximum Gasteiger partial charge on any atom is 0.338 e. The fourth-order valence-electron chi connectivity index (χ4n) is 2.35. The minimum absolute atomic E-state index is 0.310. The Morgan fingerprint density at radius 1 is 1.14 bits per heavy atom. The van der Waals surface area contributed by atoms with Crippen molar-refractivity contribution >= 4 is 11.7 Å². The van der Waals surface area contributed by atoms with Gasteiger partial charge in [0.2, 0.25) is 0 Å². The smallest absolute Gasteiger partial charge is 0.338 e. The summed E-state index contributed by atoms with van der Waals surface area (Å²) in [6.07, 6.45) is 0.742. The number of rotatable bonds is 5. The molecule has 0 aliphatic rings. The van der Waals surface area contributed by atoms with Gasteiger partial charge in [-0.25, -0.2) is 4.79 Å². The summed E-state index contributed by atoms with van der Waals surface area (Å²) in [5, 5.41) is 9.53. The SMILES string of the molecule is CCOC(=O)c1ccc(CC)c(NO)c1-c1ccccc1. The maximum absolute atomic E-state index is 12.2. The van der Waals surface area contributed by atoms with Crippen molar-refractivity contribution in [1.29, 1.82) is 0 Å². The van der Waals surface area contributed by atoms with Gasteiger partial charge < -0.3 is 4.74 Å². The summed E-state index contributed by atoms with van der Waals surface area (Å²) in [6.45, 7) is 4.07. The van der Waals surface area contributed by atoms with Crippen LogP contribution in [0.1, 0.15) is 29.8 Å². The van der Waals surface area contributed by atoms with E-state index in [-0.39, 0.29) is 0 Å². The third kappa shape index (κ3) is 3.06. The van der Waals surface area contributed by atoms with Gasteiger partial charge in [0, 0.05) is 5.56 Å². The molecule has 0 atom stereocenters. The highest BCUT2D eigenvalue weighted by Crippen LogP contribution is 2.35. The Hall–Kier alpha value is -2.33. The van der Waals surface area contributed by atoms with Gasteiger partial charge in [-0.2, -0.15) is 0 Å². The first kappa shape index (κ1) is 15.1. The molecule has 2 rings (SSSR count). The van der Waals surface area contributed by atoms with Gasteiger partial charge in [0.25, 0.3) is 0 Å². The summed E-state index contributed by atoms with van der Waals surface area (Å²) in [6, 6.07) is 13.1. The number of anilines is 1. The summed E-state index contributed by atoms with van der Waals surface area (Å²) in [5.41, 5.74) is 5.69. The molecule has 21 heavy (non-hydrogen) atoms. The van der Waals surface area contributed by atoms with Crippen LogP contribution in [0.3, 0.4) is 0 Å². The second-order valence-corrected chi connectivity index (χ2v) is 4.57. The Morgan fingerprint density at radius 3 is 2.43 bits per heavy atom. The second kappa shape index (κ2) is 6.90. The molecular weight excluding hydrogens is 266 g/mol. The standard InChI is InChI=1S/C17H19NO3/c1-3-12-10-11-14(17(19)21-4-2)15(16(12)18-20)13-8-6-5-7-9-13/h5-11,18,20H,3-4H2,1-2H3. The van der Waals surface area contributed by atoms with Gasteiger partial charge in [0.1, 0.15) is 0 Å². The lowest BCUT2D eigenvalue weighted by Gasteiger charge is -2.17. The van der Waals surface area contributed by atoms with Crippen molar-refractivity contribution in [3.05, 3.63) is 53.6 Å². The van der Waals surface area contributed by atoms with Gasteiger partial charge in [-0.05, 0) is 30.5 Å². The van der Waals surface area contributed by atoms with Crippen molar-refractivity contribution in [3.63, 3.8) is 0 Å². The molecule has 0 amide bonds. The number of carbonyl (C=O) groups excluding carboxylic acids is 1. The highest BCUT2D eigenvalue weighted by Gasteiger charge is 2.19. The number of aryl methyl sites for hydroxylation is 1. The van der Waals surface area contributed by atoms with E-state index in [1.807, 2.05) is 43.3 Å². The molecule has 2 aromatic rings. The zero-order valence-corrected chi connectivity index (χ0v) is 12.2. The summed E-state index contributed by atoms with van der Waals surface area (Å²) in [7, 11) is 0. The first-order valence-electron chi connectivity index (χ1n) is 7.01. The number of esters is 1. The first-order chi connectivity index (χ1) is 10.2. The molecule has 0 aliphatic heterocycles. The van der Waals surface area contributed by atoms with Crippen LogP contribution in [0.15, 0.2) is 42.5 Å². The average molecular weight is 285 g/mol. The van der Waals surface area contributed by atoms with Crippen molar-refractivity contribution < 1.29 is 14.7 Å². The Kier molecular flexibility index (Phi) is 4.95. The van der Waals surface area contributed by atoms with E-state index < -0.39 is 5.97 Å². The van der Waals surface area contributed by atoms with E-state index >= 15 is 0 Å². The van der Waals surface area contributed by atoms with Gasteiger partial charge in [-0.1, -0.05) is 43.3 Å². The highest BCUT2D eigenvalue weighted by molar-refractivity contribution is 6.01. The minimum Gasteiger partial charge on any atom is -0.462 e. The largest absolute Gasteiger partial charge is 0.462 e. The third-order valence-electron chi connectivity index (χ3n) is 3.34. The lowest BCUT2D eigenvalue weighted by Crippen LogP contribution is -2.09. The third-order valence-corrected chi connectivity index (χ3v) is 3.34. The highest BCUT2D eigenvalue weighted by atomic mass is 16.5. The van der Waals surface area contributed by atoms with E-state index in [1.165, 1.54) is 0 Å². The lowest BCUT2D eigenvalue weighted by molar-refractivity contribution is 0.0527. The van der Waals surface area contributed by atoms with Gasteiger partial charge in [-0.15, -0.1) is 0 Å². The van der Waals surface area contributed by atoms with E-state index in [9.17, 15) is 10.0 Å². The molecule has 0 spiro atoms. The molecule has 2 aromatic carbocycles. The monoisotopic (exact) mass is 285 g/mol. The molecule has 4 nitrogen and oxygen atoms in total. The van der Waals surface area contributed by atoms with Crippen LogP contribution in [-0.2, 0) is 11.2 Å². The van der Waals surface area contributed by atoms with E-state index in [0.29, 0.717) is 23.4 Å². The second-order valence-electron chi connectivity index (χ2n) is 4.57. The van der Waals surface area contributed by atoms with Crippen LogP contribution in [-0.4, -0.2) is 17.8 Å². The van der Waals surface area contributed by atoms with Crippen LogP contribution < -0.4 is 5.48 Å². The normalized spacial score (nSPS) is 10.2. The molecule has 0 radical (unpaired) electrons. The molecule has 0 aliphatic carbocycles. The summed E-state index contributed by atoms with van der Waals surface area (Å²) < 4.78 is 5.11. The molecule has 110 valence electrons. The van der Waals surface area contributed by atoms with Crippen molar-refractivity contribution in [2.45, 2.75) is 20.3 Å². The summed E-state index contributed by atoms with van der Waals surface area (Å²) in [5.74, 6) is -0.393. The molecule has 0 saturated carbocycles. The molecule has 0 bridgehead atoms. The molecule has 4 heteroatoms. The minimum atomic E-state index is -0.393. The number of hydrogen-bond acceptors (Lipinski definition) is 4. The number of benzene rings is 2. The summed E-state index contributed by atoms with van der Waals surface area (Å²) in [4.78, 5) is 12.2. The van der Waals surface area contributed by atoms with Crippen LogP contribution in [0.2, 0.25) is 0 Å².